The highest BCUT2D eigenvalue weighted by atomic mass is 15.3. The Kier molecular flexibility index (Phi) is 3.62. The predicted molar refractivity (Wildman–Crippen MR) is 83.9 cm³/mol. The number of anilines is 1. The van der Waals surface area contributed by atoms with E-state index in [0.717, 1.165) is 22.6 Å². The van der Waals surface area contributed by atoms with Crippen LogP contribution in [0.15, 0.2) is 24.7 Å². The number of nitrogens with one attached hydrogen (secondary N) is 1. The molecule has 3 aromatic heterocycles. The minimum Gasteiger partial charge on any atom is -0.365 e. The molecule has 0 unspecified atom stereocenters. The molecule has 0 fully saturated rings. The Balaban J connectivity index is 1.80. The van der Waals surface area contributed by atoms with Crippen LogP contribution < -0.4 is 5.32 Å². The van der Waals surface area contributed by atoms with Gasteiger partial charge in [-0.1, -0.05) is 0 Å². The fraction of sp³-hybridized carbons (Fsp3) is 0.333. The topological polar surface area (TPSA) is 73.5 Å². The standard InChI is InChI=1S/C15H19N7/c1-10-5-11(2)22(20-10)15-9-16-8-14(19-15)17-6-13-7-18-21(4)12(13)3/h5,7-9H,6H2,1-4H3,(H,17,19). The van der Waals surface area contributed by atoms with Crippen molar-refractivity contribution in [2.75, 3.05) is 5.32 Å². The average Bonchev–Trinajstić information content (AvgIpc) is 3.00. The molecule has 0 bridgehead atoms. The first-order valence-electron chi connectivity index (χ1n) is 7.11. The molecule has 0 aromatic carbocycles. The van der Waals surface area contributed by atoms with E-state index in [1.807, 2.05) is 44.8 Å². The highest BCUT2D eigenvalue weighted by molar-refractivity contribution is 5.37. The normalized spacial score (nSPS) is 10.9. The van der Waals surface area contributed by atoms with Crippen molar-refractivity contribution in [3.63, 3.8) is 0 Å². The second-order valence-corrected chi connectivity index (χ2v) is 5.33. The monoisotopic (exact) mass is 297 g/mol. The second-order valence-electron chi connectivity index (χ2n) is 5.33. The Morgan fingerprint density at radius 1 is 1.14 bits per heavy atom. The van der Waals surface area contributed by atoms with Gasteiger partial charge in [-0.25, -0.2) is 9.67 Å². The van der Waals surface area contributed by atoms with Gasteiger partial charge in [-0.2, -0.15) is 10.2 Å². The van der Waals surface area contributed by atoms with Gasteiger partial charge in [0.1, 0.15) is 5.82 Å². The van der Waals surface area contributed by atoms with Crippen molar-refractivity contribution in [1.82, 2.24) is 29.5 Å². The van der Waals surface area contributed by atoms with Crippen molar-refractivity contribution in [1.29, 1.82) is 0 Å². The maximum atomic E-state index is 4.57. The molecule has 0 spiro atoms. The number of nitrogens with zero attached hydrogens (tertiary/aromatic N) is 6. The summed E-state index contributed by atoms with van der Waals surface area (Å²) in [5.41, 5.74) is 4.27. The summed E-state index contributed by atoms with van der Waals surface area (Å²) in [4.78, 5) is 8.81. The zero-order chi connectivity index (χ0) is 15.7. The summed E-state index contributed by atoms with van der Waals surface area (Å²) in [6.07, 6.45) is 5.28. The van der Waals surface area contributed by atoms with E-state index in [0.29, 0.717) is 18.2 Å². The molecule has 1 N–H and O–H groups in total. The highest BCUT2D eigenvalue weighted by Gasteiger charge is 2.08. The molecule has 114 valence electrons. The van der Waals surface area contributed by atoms with Crippen molar-refractivity contribution >= 4 is 5.82 Å². The lowest BCUT2D eigenvalue weighted by Gasteiger charge is -2.08. The zero-order valence-electron chi connectivity index (χ0n) is 13.2. The maximum Gasteiger partial charge on any atom is 0.174 e. The maximum absolute atomic E-state index is 4.57. The fourth-order valence-electron chi connectivity index (χ4n) is 2.31. The molecule has 3 rings (SSSR count). The number of rotatable bonds is 4. The number of hydrogen-bond acceptors (Lipinski definition) is 5. The van der Waals surface area contributed by atoms with Crippen LogP contribution in [0.2, 0.25) is 0 Å². The van der Waals surface area contributed by atoms with Gasteiger partial charge in [0.05, 0.1) is 24.3 Å². The molecule has 22 heavy (non-hydrogen) atoms. The number of hydrogen-bond donors (Lipinski definition) is 1. The summed E-state index contributed by atoms with van der Waals surface area (Å²) < 4.78 is 3.65. The summed E-state index contributed by atoms with van der Waals surface area (Å²) in [6.45, 7) is 6.67. The molecule has 7 nitrogen and oxygen atoms in total. The van der Waals surface area contributed by atoms with Gasteiger partial charge in [0.25, 0.3) is 0 Å². The molecule has 0 amide bonds. The Bertz CT molecular complexity index is 800. The summed E-state index contributed by atoms with van der Waals surface area (Å²) in [7, 11) is 1.93. The Labute approximate surface area is 129 Å². The summed E-state index contributed by atoms with van der Waals surface area (Å²) in [6, 6.07) is 2.01. The van der Waals surface area contributed by atoms with Crippen LogP contribution in [0.5, 0.6) is 0 Å². The number of aryl methyl sites for hydroxylation is 3. The molecule has 0 aliphatic heterocycles. The highest BCUT2D eigenvalue weighted by Crippen LogP contribution is 2.13. The van der Waals surface area contributed by atoms with Crippen LogP contribution >= 0.6 is 0 Å². The van der Waals surface area contributed by atoms with Crippen LogP contribution in [0.25, 0.3) is 5.82 Å². The van der Waals surface area contributed by atoms with Gasteiger partial charge < -0.3 is 5.32 Å². The van der Waals surface area contributed by atoms with Crippen LogP contribution in [-0.4, -0.2) is 29.5 Å². The van der Waals surface area contributed by atoms with Crippen LogP contribution in [0.3, 0.4) is 0 Å². The summed E-state index contributed by atoms with van der Waals surface area (Å²) in [5.74, 6) is 1.42. The first kappa shape index (κ1) is 14.2. The third-order valence-corrected chi connectivity index (χ3v) is 3.65. The van der Waals surface area contributed by atoms with Gasteiger partial charge in [0, 0.05) is 30.5 Å². The van der Waals surface area contributed by atoms with Crippen molar-refractivity contribution in [3.05, 3.63) is 47.3 Å². The first-order chi connectivity index (χ1) is 10.5. The lowest BCUT2D eigenvalue weighted by molar-refractivity contribution is 0.738. The third kappa shape index (κ3) is 2.69. The van der Waals surface area contributed by atoms with E-state index in [1.165, 1.54) is 0 Å². The van der Waals surface area contributed by atoms with Gasteiger partial charge in [-0.15, -0.1) is 0 Å². The third-order valence-electron chi connectivity index (χ3n) is 3.65. The zero-order valence-corrected chi connectivity index (χ0v) is 13.2. The molecular weight excluding hydrogens is 278 g/mol. The molecule has 0 saturated heterocycles. The molecular formula is C15H19N7. The lowest BCUT2D eigenvalue weighted by atomic mass is 10.2. The molecule has 0 radical (unpaired) electrons. The second kappa shape index (κ2) is 5.59. The van der Waals surface area contributed by atoms with Gasteiger partial charge in [-0.05, 0) is 26.8 Å². The van der Waals surface area contributed by atoms with E-state index in [2.05, 4.69) is 25.5 Å². The number of aromatic nitrogens is 6. The van der Waals surface area contributed by atoms with Crippen LogP contribution in [-0.2, 0) is 13.6 Å². The minimum absolute atomic E-state index is 0.662. The van der Waals surface area contributed by atoms with E-state index in [1.54, 1.807) is 17.1 Å². The van der Waals surface area contributed by atoms with E-state index < -0.39 is 0 Å². The van der Waals surface area contributed by atoms with Crippen molar-refractivity contribution < 1.29 is 0 Å². The Morgan fingerprint density at radius 3 is 2.59 bits per heavy atom. The molecule has 0 saturated carbocycles. The summed E-state index contributed by atoms with van der Waals surface area (Å²) >= 11 is 0. The summed E-state index contributed by atoms with van der Waals surface area (Å²) in [5, 5.41) is 11.9. The minimum atomic E-state index is 0.662. The van der Waals surface area contributed by atoms with Gasteiger partial charge in [-0.3, -0.25) is 9.67 Å². The first-order valence-corrected chi connectivity index (χ1v) is 7.11. The molecule has 7 heteroatoms. The van der Waals surface area contributed by atoms with Crippen LogP contribution in [0.4, 0.5) is 5.82 Å². The smallest absolute Gasteiger partial charge is 0.174 e. The molecule has 0 aliphatic rings. The fourth-order valence-corrected chi connectivity index (χ4v) is 2.31. The largest absolute Gasteiger partial charge is 0.365 e. The van der Waals surface area contributed by atoms with Crippen molar-refractivity contribution in [2.24, 2.45) is 7.05 Å². The van der Waals surface area contributed by atoms with Crippen molar-refractivity contribution in [2.45, 2.75) is 27.3 Å². The predicted octanol–water partition coefficient (Wildman–Crippen LogP) is 1.93. The van der Waals surface area contributed by atoms with E-state index >= 15 is 0 Å². The van der Waals surface area contributed by atoms with Gasteiger partial charge in [0.2, 0.25) is 0 Å². The molecule has 3 aromatic rings. The Morgan fingerprint density at radius 2 is 1.95 bits per heavy atom. The molecule has 0 atom stereocenters. The SMILES string of the molecule is Cc1cc(C)n(-c2cncc(NCc3cnn(C)c3C)n2)n1. The van der Waals surface area contributed by atoms with Crippen LogP contribution in [0.1, 0.15) is 22.6 Å². The lowest BCUT2D eigenvalue weighted by Crippen LogP contribution is -2.07. The van der Waals surface area contributed by atoms with E-state index in [9.17, 15) is 0 Å². The van der Waals surface area contributed by atoms with Gasteiger partial charge in [0.15, 0.2) is 5.82 Å². The van der Waals surface area contributed by atoms with Crippen LogP contribution in [0, 0.1) is 20.8 Å². The van der Waals surface area contributed by atoms with E-state index in [4.69, 9.17) is 0 Å². The van der Waals surface area contributed by atoms with Gasteiger partial charge >= 0.3 is 0 Å². The molecule has 3 heterocycles. The quantitative estimate of drug-likeness (QED) is 0.796. The molecule has 0 aliphatic carbocycles. The van der Waals surface area contributed by atoms with Crippen molar-refractivity contribution in [3.8, 4) is 5.82 Å². The van der Waals surface area contributed by atoms with E-state index in [-0.39, 0.29) is 0 Å². The average molecular weight is 297 g/mol. The Hall–Kier alpha value is -2.70.